The van der Waals surface area contributed by atoms with Gasteiger partial charge in [-0.2, -0.15) is 17.0 Å². The van der Waals surface area contributed by atoms with Crippen LogP contribution in [0.2, 0.25) is 0 Å². The van der Waals surface area contributed by atoms with Gasteiger partial charge in [-0.25, -0.2) is 4.39 Å². The molecule has 0 saturated heterocycles. The molecule has 0 amide bonds. The lowest BCUT2D eigenvalue weighted by Gasteiger charge is -2.43. The molecule has 0 spiro atoms. The van der Waals surface area contributed by atoms with E-state index in [4.69, 9.17) is 5.73 Å². The maximum Gasteiger partial charge on any atom is 0.296 e. The van der Waals surface area contributed by atoms with Crippen LogP contribution in [0.5, 0.6) is 0 Å². The molecule has 220 valence electrons. The van der Waals surface area contributed by atoms with E-state index in [2.05, 4.69) is 37.3 Å². The van der Waals surface area contributed by atoms with E-state index in [1.807, 2.05) is 39.0 Å². The Labute approximate surface area is 255 Å². The molecular weight excluding hydrogens is 563 g/mol. The molecule has 1 aliphatic heterocycles. The van der Waals surface area contributed by atoms with Gasteiger partial charge in [0, 0.05) is 29.2 Å². The van der Waals surface area contributed by atoms with Crippen LogP contribution in [0.25, 0.3) is 0 Å². The molecule has 0 aromatic heterocycles. The Morgan fingerprint density at radius 2 is 1.81 bits per heavy atom. The topological polar surface area (TPSA) is 113 Å². The number of aryl methyl sites for hydroxylation is 2. The van der Waals surface area contributed by atoms with E-state index >= 15 is 0 Å². The molecule has 1 atom stereocenters. The van der Waals surface area contributed by atoms with Gasteiger partial charge in [-0.3, -0.25) is 19.8 Å². The highest BCUT2D eigenvalue weighted by Crippen LogP contribution is 2.52. The van der Waals surface area contributed by atoms with Crippen molar-refractivity contribution >= 4 is 28.9 Å². The van der Waals surface area contributed by atoms with Crippen LogP contribution in [0, 0.1) is 46.5 Å². The number of halogens is 1. The number of nitriles is 1. The summed E-state index contributed by atoms with van der Waals surface area (Å²) in [4.78, 5) is 26.7. The number of carbonyl (C=O) groups excluding carboxylic acids is 1. The van der Waals surface area contributed by atoms with Crippen LogP contribution < -0.4 is 10.6 Å². The van der Waals surface area contributed by atoms with E-state index in [1.54, 1.807) is 11.8 Å². The third-order valence-corrected chi connectivity index (χ3v) is 9.21. The number of hydrogen-bond acceptors (Lipinski definition) is 7. The van der Waals surface area contributed by atoms with Crippen LogP contribution >= 0.6 is 11.8 Å². The Hall–Kier alpha value is -4.42. The van der Waals surface area contributed by atoms with Crippen LogP contribution in [0.15, 0.2) is 83.3 Å². The van der Waals surface area contributed by atoms with E-state index in [0.29, 0.717) is 17.7 Å². The minimum absolute atomic E-state index is 0.00596. The molecule has 3 aromatic rings. The fourth-order valence-electron chi connectivity index (χ4n) is 6.16. The number of thioether (sulfide) groups is 1. The summed E-state index contributed by atoms with van der Waals surface area (Å²) < 4.78 is 14.1. The molecule has 0 fully saturated rings. The molecule has 1 aliphatic carbocycles. The van der Waals surface area contributed by atoms with Crippen molar-refractivity contribution in [2.45, 2.75) is 58.0 Å². The first kappa shape index (κ1) is 30.1. The first-order valence-corrected chi connectivity index (χ1v) is 15.2. The number of hydrogen-bond donors (Lipinski definition) is 1. The molecule has 5 rings (SSSR count). The minimum Gasteiger partial charge on any atom is -0.384 e. The second-order valence-electron chi connectivity index (χ2n) is 12.0. The highest BCUT2D eigenvalue weighted by molar-refractivity contribution is 7.97. The van der Waals surface area contributed by atoms with Crippen molar-refractivity contribution < 1.29 is 14.1 Å². The summed E-state index contributed by atoms with van der Waals surface area (Å²) in [5.74, 6) is -0.0359. The molecule has 9 heteroatoms. The average Bonchev–Trinajstić information content (AvgIpc) is 2.94. The van der Waals surface area contributed by atoms with Crippen molar-refractivity contribution in [1.29, 1.82) is 5.26 Å². The average molecular weight is 597 g/mol. The van der Waals surface area contributed by atoms with Gasteiger partial charge >= 0.3 is 0 Å². The zero-order chi connectivity index (χ0) is 31.1. The van der Waals surface area contributed by atoms with E-state index in [0.717, 1.165) is 45.9 Å². The molecular formula is C34H33FN4O3S. The van der Waals surface area contributed by atoms with Gasteiger partial charge in [0.2, 0.25) is 0 Å². The Morgan fingerprint density at radius 3 is 2.49 bits per heavy atom. The summed E-state index contributed by atoms with van der Waals surface area (Å²) in [5, 5.41) is 22.5. The van der Waals surface area contributed by atoms with E-state index in [9.17, 15) is 24.6 Å². The van der Waals surface area contributed by atoms with Crippen LogP contribution in [-0.4, -0.2) is 10.7 Å². The maximum absolute atomic E-state index is 14.1. The molecule has 1 unspecified atom stereocenters. The maximum atomic E-state index is 14.1. The van der Waals surface area contributed by atoms with Gasteiger partial charge in [0.15, 0.2) is 5.78 Å². The number of Topliss-reactive ketones (excluding diaryl/α,β-unsaturated/α-hetero) is 1. The molecule has 0 bridgehead atoms. The van der Waals surface area contributed by atoms with Crippen LogP contribution in [0.1, 0.15) is 60.4 Å². The Balaban J connectivity index is 1.66. The molecule has 3 aromatic carbocycles. The zero-order valence-electron chi connectivity index (χ0n) is 24.6. The van der Waals surface area contributed by atoms with Crippen molar-refractivity contribution in [3.63, 3.8) is 0 Å². The Bertz CT molecular complexity index is 1740. The largest absolute Gasteiger partial charge is 0.384 e. The second-order valence-corrected chi connectivity index (χ2v) is 13.0. The van der Waals surface area contributed by atoms with Crippen LogP contribution in [0.3, 0.4) is 0 Å². The van der Waals surface area contributed by atoms with Gasteiger partial charge < -0.3 is 5.73 Å². The normalized spacial score (nSPS) is 18.0. The van der Waals surface area contributed by atoms with Crippen molar-refractivity contribution in [2.24, 2.45) is 11.1 Å². The van der Waals surface area contributed by atoms with Gasteiger partial charge in [-0.1, -0.05) is 56.3 Å². The number of nitro benzene ring substituents is 1. The summed E-state index contributed by atoms with van der Waals surface area (Å²) in [6, 6.07) is 19.8. The van der Waals surface area contributed by atoms with E-state index in [1.165, 1.54) is 16.5 Å². The number of rotatable bonds is 7. The number of nitro groups is 1. The third-order valence-electron chi connectivity index (χ3n) is 8.16. The number of anilines is 1. The number of benzene rings is 3. The first-order valence-electron chi connectivity index (χ1n) is 14.0. The standard InChI is InChI=1S/C34H33FN4O3S/c1-20-12-21(2)25(13-23(20)19-43-18-22-8-6-5-7-9-22)31-26(17-36)33(37)38(27-11-10-24(35)14-28(27)39(41)42)29-15-34(3,4)16-30(40)32(29)31/h5-14,31H,15-16,18-19,37H2,1-4H3. The number of nitrogens with zero attached hydrogens (tertiary/aromatic N) is 3. The molecule has 2 N–H and O–H groups in total. The quantitative estimate of drug-likeness (QED) is 0.219. The van der Waals surface area contributed by atoms with Gasteiger partial charge in [0.05, 0.1) is 28.5 Å². The predicted octanol–water partition coefficient (Wildman–Crippen LogP) is 7.73. The summed E-state index contributed by atoms with van der Waals surface area (Å²) >= 11 is 1.78. The SMILES string of the molecule is Cc1cc(C)c(C2C(C#N)=C(N)N(c3ccc(F)cc3[N+](=O)[O-])C3=C2C(=O)CC(C)(C)C3)cc1CSCc1ccccc1. The number of carbonyl (C=O) groups is 1. The molecule has 0 saturated carbocycles. The monoisotopic (exact) mass is 596 g/mol. The highest BCUT2D eigenvalue weighted by Gasteiger charge is 2.46. The number of allylic oxidation sites excluding steroid dienone is 3. The van der Waals surface area contributed by atoms with Gasteiger partial charge in [-0.05, 0) is 65.6 Å². The van der Waals surface area contributed by atoms with Gasteiger partial charge in [0.25, 0.3) is 5.69 Å². The van der Waals surface area contributed by atoms with Crippen molar-refractivity contribution in [3.05, 3.63) is 127 Å². The number of nitrogens with two attached hydrogens (primary N) is 1. The summed E-state index contributed by atoms with van der Waals surface area (Å²) in [6.45, 7) is 7.93. The predicted molar refractivity (Wildman–Crippen MR) is 168 cm³/mol. The smallest absolute Gasteiger partial charge is 0.296 e. The highest BCUT2D eigenvalue weighted by atomic mass is 32.2. The second kappa shape index (κ2) is 11.7. The molecule has 0 radical (unpaired) electrons. The van der Waals surface area contributed by atoms with Gasteiger partial charge in [-0.15, -0.1) is 0 Å². The summed E-state index contributed by atoms with van der Waals surface area (Å²) in [5.41, 5.74) is 12.0. The lowest BCUT2D eigenvalue weighted by molar-refractivity contribution is -0.384. The lowest BCUT2D eigenvalue weighted by atomic mass is 9.68. The Morgan fingerprint density at radius 1 is 1.09 bits per heavy atom. The van der Waals surface area contributed by atoms with Crippen molar-refractivity contribution in [1.82, 2.24) is 0 Å². The molecule has 43 heavy (non-hydrogen) atoms. The summed E-state index contributed by atoms with van der Waals surface area (Å²) in [6.07, 6.45) is 0.647. The van der Waals surface area contributed by atoms with Crippen LogP contribution in [-0.2, 0) is 16.3 Å². The number of ketones is 1. The fourth-order valence-corrected chi connectivity index (χ4v) is 7.22. The minimum atomic E-state index is -0.768. The van der Waals surface area contributed by atoms with E-state index < -0.39 is 27.8 Å². The lowest BCUT2D eigenvalue weighted by Crippen LogP contribution is -2.42. The van der Waals surface area contributed by atoms with E-state index in [-0.39, 0.29) is 29.3 Å². The summed E-state index contributed by atoms with van der Waals surface area (Å²) in [7, 11) is 0. The van der Waals surface area contributed by atoms with Crippen molar-refractivity contribution in [3.8, 4) is 6.07 Å². The van der Waals surface area contributed by atoms with Crippen molar-refractivity contribution in [2.75, 3.05) is 4.90 Å². The fraction of sp³-hybridized carbons (Fsp3) is 0.294. The first-order chi connectivity index (χ1) is 20.4. The molecule has 7 nitrogen and oxygen atoms in total. The van der Waals surface area contributed by atoms with Gasteiger partial charge in [0.1, 0.15) is 17.3 Å². The van der Waals surface area contributed by atoms with Crippen LogP contribution in [0.4, 0.5) is 15.8 Å². The molecule has 2 aliphatic rings. The molecule has 1 heterocycles. The zero-order valence-corrected chi connectivity index (χ0v) is 25.4. The third kappa shape index (κ3) is 5.80. The Kier molecular flexibility index (Phi) is 8.17.